The lowest BCUT2D eigenvalue weighted by Crippen LogP contribution is -2.30. The van der Waals surface area contributed by atoms with E-state index in [0.29, 0.717) is 31.6 Å². The Morgan fingerprint density at radius 1 is 0.276 bits per heavy atom. The maximum absolute atomic E-state index is 13.1. The molecule has 0 aromatic rings. The molecule has 0 rings (SSSR count). The van der Waals surface area contributed by atoms with E-state index in [1.54, 1.807) is 0 Å². The van der Waals surface area contributed by atoms with E-state index < -0.39 is 97.5 Å². The van der Waals surface area contributed by atoms with Crippen LogP contribution in [0.2, 0.25) is 0 Å². The molecule has 0 aliphatic rings. The molecule has 17 nitrogen and oxygen atoms in total. The van der Waals surface area contributed by atoms with Crippen molar-refractivity contribution in [2.75, 3.05) is 39.6 Å². The Labute approximate surface area is 600 Å². The first-order valence-electron chi connectivity index (χ1n) is 41.0. The van der Waals surface area contributed by atoms with Gasteiger partial charge in [0.1, 0.15) is 19.3 Å². The van der Waals surface area contributed by atoms with Crippen molar-refractivity contribution >= 4 is 39.5 Å². The highest BCUT2D eigenvalue weighted by atomic mass is 31.2. The van der Waals surface area contributed by atoms with Crippen LogP contribution in [0.25, 0.3) is 0 Å². The molecule has 0 saturated heterocycles. The topological polar surface area (TPSA) is 237 Å². The normalized spacial score (nSPS) is 13.9. The van der Waals surface area contributed by atoms with Crippen LogP contribution in [0.4, 0.5) is 0 Å². The predicted octanol–water partition coefficient (Wildman–Crippen LogP) is 23.5. The van der Waals surface area contributed by atoms with Gasteiger partial charge in [0.2, 0.25) is 0 Å². The molecule has 19 heteroatoms. The van der Waals surface area contributed by atoms with Gasteiger partial charge in [-0.25, -0.2) is 9.13 Å². The Morgan fingerprint density at radius 3 is 0.694 bits per heavy atom. The second kappa shape index (κ2) is 70.7. The zero-order valence-corrected chi connectivity index (χ0v) is 65.9. The predicted molar refractivity (Wildman–Crippen MR) is 400 cm³/mol. The van der Waals surface area contributed by atoms with E-state index in [9.17, 15) is 43.2 Å². The monoisotopic (exact) mass is 1440 g/mol. The second-order valence-electron chi connectivity index (χ2n) is 29.4. The number of rotatable bonds is 78. The Balaban J connectivity index is 5.21. The molecule has 0 radical (unpaired) electrons. The summed E-state index contributed by atoms with van der Waals surface area (Å²) in [7, 11) is -9.92. The van der Waals surface area contributed by atoms with Gasteiger partial charge in [0.15, 0.2) is 12.2 Å². The third-order valence-corrected chi connectivity index (χ3v) is 20.4. The van der Waals surface area contributed by atoms with Gasteiger partial charge in [-0.2, -0.15) is 0 Å². The number of phosphoric acid groups is 2. The van der Waals surface area contributed by atoms with Crippen LogP contribution < -0.4 is 0 Å². The summed E-state index contributed by atoms with van der Waals surface area (Å²) in [4.78, 5) is 72.9. The Kier molecular flexibility index (Phi) is 69.3. The zero-order valence-electron chi connectivity index (χ0n) is 64.1. The SMILES string of the molecule is CCCCCCCCCCCCCCCCCCCCCCCC(=O)O[C@H](COC(=O)CCCCCCCCCCCCCCCC)COP(=O)(O)OC[C@@H](O)COP(=O)(O)OC[C@@H](COC(=O)CCCCCCCCCC(C)C)OC(=O)CCCCCCCCCCCCC(C)C. The van der Waals surface area contributed by atoms with Crippen LogP contribution in [-0.2, 0) is 65.4 Å². The van der Waals surface area contributed by atoms with E-state index in [0.717, 1.165) is 102 Å². The Bertz CT molecular complexity index is 1890. The third-order valence-electron chi connectivity index (χ3n) is 18.5. The highest BCUT2D eigenvalue weighted by Gasteiger charge is 2.30. The van der Waals surface area contributed by atoms with Crippen molar-refractivity contribution in [3.05, 3.63) is 0 Å². The molecule has 2 unspecified atom stereocenters. The van der Waals surface area contributed by atoms with Gasteiger partial charge < -0.3 is 33.8 Å². The molecule has 0 aliphatic carbocycles. The van der Waals surface area contributed by atoms with Crippen LogP contribution >= 0.6 is 15.6 Å². The summed E-state index contributed by atoms with van der Waals surface area (Å²) in [5.74, 6) is -0.656. The maximum atomic E-state index is 13.1. The average Bonchev–Trinajstić information content (AvgIpc) is 2.00. The van der Waals surface area contributed by atoms with Gasteiger partial charge in [-0.15, -0.1) is 0 Å². The van der Waals surface area contributed by atoms with E-state index in [1.807, 2.05) is 0 Å². The fraction of sp³-hybridized carbons (Fsp3) is 0.949. The van der Waals surface area contributed by atoms with Gasteiger partial charge in [0.25, 0.3) is 0 Å². The summed E-state index contributed by atoms with van der Waals surface area (Å²) >= 11 is 0. The number of phosphoric ester groups is 2. The number of hydrogen-bond acceptors (Lipinski definition) is 15. The maximum Gasteiger partial charge on any atom is 0.472 e. The third kappa shape index (κ3) is 72.4. The van der Waals surface area contributed by atoms with Crippen molar-refractivity contribution in [1.29, 1.82) is 0 Å². The lowest BCUT2D eigenvalue weighted by atomic mass is 10.0. The minimum Gasteiger partial charge on any atom is -0.462 e. The average molecular weight is 1440 g/mol. The van der Waals surface area contributed by atoms with Crippen molar-refractivity contribution in [3.8, 4) is 0 Å². The van der Waals surface area contributed by atoms with E-state index in [4.69, 9.17) is 37.0 Å². The number of ether oxygens (including phenoxy) is 4. The highest BCUT2D eigenvalue weighted by molar-refractivity contribution is 7.47. The summed E-state index contributed by atoms with van der Waals surface area (Å²) in [5.41, 5.74) is 0. The molecule has 0 aliphatic heterocycles. The second-order valence-corrected chi connectivity index (χ2v) is 32.3. The van der Waals surface area contributed by atoms with E-state index >= 15 is 0 Å². The van der Waals surface area contributed by atoms with Crippen molar-refractivity contribution in [2.24, 2.45) is 11.8 Å². The summed E-state index contributed by atoms with van der Waals surface area (Å²) in [5, 5.41) is 10.6. The summed E-state index contributed by atoms with van der Waals surface area (Å²) in [6.45, 7) is 9.55. The van der Waals surface area contributed by atoms with Crippen LogP contribution in [0.15, 0.2) is 0 Å². The van der Waals surface area contributed by atoms with E-state index in [1.165, 1.54) is 225 Å². The number of aliphatic hydroxyl groups is 1. The molecule has 0 heterocycles. The smallest absolute Gasteiger partial charge is 0.462 e. The van der Waals surface area contributed by atoms with E-state index in [2.05, 4.69) is 41.5 Å². The molecule has 0 spiro atoms. The standard InChI is InChI=1S/C79H154O17P2/c1-7-9-11-13-15-17-19-21-23-24-25-26-27-28-29-31-33-38-44-51-57-63-78(83)95-74(67-89-76(81)61-55-49-43-37-32-30-22-20-18-16-14-12-10-8-2)69-93-97(85,86)91-65-73(80)66-92-98(87,88)94-70-75(68-90-77(82)62-56-50-46-40-42-48-54-60-72(5)6)96-79(84)64-58-52-45-39-35-34-36-41-47-53-59-71(3)4/h71-75,80H,7-70H2,1-6H3,(H,85,86)(H,87,88)/t73-,74-,75-/m1/s1. The molecule has 0 amide bonds. The van der Waals surface area contributed by atoms with Gasteiger partial charge in [0, 0.05) is 25.7 Å². The van der Waals surface area contributed by atoms with Crippen molar-refractivity contribution in [3.63, 3.8) is 0 Å². The quantitative estimate of drug-likeness (QED) is 0.0222. The van der Waals surface area contributed by atoms with Gasteiger partial charge in [-0.3, -0.25) is 37.3 Å². The fourth-order valence-corrected chi connectivity index (χ4v) is 13.8. The first kappa shape index (κ1) is 96.1. The minimum atomic E-state index is -4.96. The Morgan fingerprint density at radius 2 is 0.469 bits per heavy atom. The molecule has 5 atom stereocenters. The van der Waals surface area contributed by atoms with E-state index in [-0.39, 0.29) is 25.7 Å². The highest BCUT2D eigenvalue weighted by Crippen LogP contribution is 2.45. The lowest BCUT2D eigenvalue weighted by Gasteiger charge is -2.21. The molecule has 582 valence electrons. The van der Waals surface area contributed by atoms with Crippen LogP contribution in [0, 0.1) is 11.8 Å². The number of unbranched alkanes of at least 4 members (excludes halogenated alkanes) is 48. The van der Waals surface area contributed by atoms with Crippen LogP contribution in [0.3, 0.4) is 0 Å². The number of aliphatic hydroxyl groups excluding tert-OH is 1. The lowest BCUT2D eigenvalue weighted by molar-refractivity contribution is -0.161. The fourth-order valence-electron chi connectivity index (χ4n) is 12.2. The van der Waals surface area contributed by atoms with Gasteiger partial charge in [-0.1, -0.05) is 363 Å². The summed E-state index contributed by atoms with van der Waals surface area (Å²) < 4.78 is 68.6. The van der Waals surface area contributed by atoms with Crippen LogP contribution in [0.5, 0.6) is 0 Å². The van der Waals surface area contributed by atoms with Crippen LogP contribution in [0.1, 0.15) is 414 Å². The molecule has 0 aromatic carbocycles. The molecule has 0 fully saturated rings. The zero-order chi connectivity index (χ0) is 72.1. The first-order chi connectivity index (χ1) is 47.4. The Hall–Kier alpha value is -1.94. The molecule has 0 saturated carbocycles. The van der Waals surface area contributed by atoms with Crippen molar-refractivity contribution in [1.82, 2.24) is 0 Å². The number of hydrogen-bond donors (Lipinski definition) is 3. The minimum absolute atomic E-state index is 0.105. The first-order valence-corrected chi connectivity index (χ1v) is 44.0. The number of carbonyl (C=O) groups excluding carboxylic acids is 4. The molecule has 98 heavy (non-hydrogen) atoms. The van der Waals surface area contributed by atoms with Gasteiger partial charge in [0.05, 0.1) is 26.4 Å². The number of carbonyl (C=O) groups is 4. The van der Waals surface area contributed by atoms with Crippen LogP contribution in [-0.4, -0.2) is 96.7 Å². The summed E-state index contributed by atoms with van der Waals surface area (Å²) in [6, 6.07) is 0. The molecular formula is C79H154O17P2. The van der Waals surface area contributed by atoms with Crippen molar-refractivity contribution in [2.45, 2.75) is 432 Å². The molecular weight excluding hydrogens is 1280 g/mol. The number of esters is 4. The molecule has 0 bridgehead atoms. The van der Waals surface area contributed by atoms with Gasteiger partial charge >= 0.3 is 39.5 Å². The van der Waals surface area contributed by atoms with Crippen molar-refractivity contribution < 1.29 is 80.2 Å². The summed E-state index contributed by atoms with van der Waals surface area (Å²) in [6.07, 6.45) is 59.8. The largest absolute Gasteiger partial charge is 0.472 e. The molecule has 0 aromatic heterocycles. The van der Waals surface area contributed by atoms with Gasteiger partial charge in [-0.05, 0) is 37.5 Å². The molecule has 3 N–H and O–H groups in total.